The molecular formula is C13H17N5O. The van der Waals surface area contributed by atoms with Crippen molar-refractivity contribution in [1.82, 2.24) is 20.3 Å². The molecule has 6 heteroatoms. The van der Waals surface area contributed by atoms with Crippen molar-refractivity contribution in [2.45, 2.75) is 12.8 Å². The summed E-state index contributed by atoms with van der Waals surface area (Å²) >= 11 is 0. The monoisotopic (exact) mass is 259 g/mol. The number of hydrogen-bond donors (Lipinski definition) is 3. The van der Waals surface area contributed by atoms with E-state index in [0.717, 1.165) is 24.4 Å². The third kappa shape index (κ3) is 3.80. The average Bonchev–Trinajstić information content (AvgIpc) is 2.96. The fourth-order valence-electron chi connectivity index (χ4n) is 1.66. The van der Waals surface area contributed by atoms with Crippen LogP contribution >= 0.6 is 0 Å². The Hall–Kier alpha value is -2.37. The molecule has 2 aromatic rings. The molecular weight excluding hydrogens is 242 g/mol. The van der Waals surface area contributed by atoms with Crippen molar-refractivity contribution < 1.29 is 4.79 Å². The van der Waals surface area contributed by atoms with Crippen LogP contribution in [0.2, 0.25) is 0 Å². The maximum atomic E-state index is 11.8. The Balaban J connectivity index is 1.74. The third-order valence-electron chi connectivity index (χ3n) is 2.72. The maximum Gasteiger partial charge on any atom is 0.269 e. The standard InChI is InChI=1S/C13H17N5O/c1-14-10-4-5-11(18-9-10)13(19)17-6-2-3-12-15-7-8-16-12/h4-5,7-9,14H,2-3,6H2,1H3,(H,15,16)(H,17,19). The molecule has 19 heavy (non-hydrogen) atoms. The van der Waals surface area contributed by atoms with Crippen LogP contribution in [0.25, 0.3) is 0 Å². The minimum atomic E-state index is -0.151. The molecule has 0 aromatic carbocycles. The van der Waals surface area contributed by atoms with Gasteiger partial charge < -0.3 is 15.6 Å². The van der Waals surface area contributed by atoms with Gasteiger partial charge in [-0.3, -0.25) is 4.79 Å². The van der Waals surface area contributed by atoms with E-state index in [4.69, 9.17) is 0 Å². The van der Waals surface area contributed by atoms with Crippen LogP contribution in [0.15, 0.2) is 30.7 Å². The second-order valence-electron chi connectivity index (χ2n) is 4.08. The Labute approximate surface area is 111 Å². The Kier molecular flexibility index (Phi) is 4.49. The quantitative estimate of drug-likeness (QED) is 0.681. The van der Waals surface area contributed by atoms with E-state index in [1.165, 1.54) is 0 Å². The Bertz CT molecular complexity index is 506. The van der Waals surface area contributed by atoms with Crippen LogP contribution in [0.1, 0.15) is 22.7 Å². The molecule has 3 N–H and O–H groups in total. The highest BCUT2D eigenvalue weighted by atomic mass is 16.1. The summed E-state index contributed by atoms with van der Waals surface area (Å²) in [7, 11) is 1.81. The average molecular weight is 259 g/mol. The lowest BCUT2D eigenvalue weighted by molar-refractivity contribution is 0.0948. The van der Waals surface area contributed by atoms with Crippen LogP contribution in [-0.2, 0) is 6.42 Å². The van der Waals surface area contributed by atoms with E-state index in [9.17, 15) is 4.79 Å². The summed E-state index contributed by atoms with van der Waals surface area (Å²) in [4.78, 5) is 23.0. The zero-order chi connectivity index (χ0) is 13.5. The molecule has 0 fully saturated rings. The number of aryl methyl sites for hydroxylation is 1. The van der Waals surface area contributed by atoms with E-state index in [1.54, 1.807) is 24.7 Å². The smallest absolute Gasteiger partial charge is 0.269 e. The first-order valence-corrected chi connectivity index (χ1v) is 6.20. The highest BCUT2D eigenvalue weighted by Crippen LogP contribution is 2.04. The van der Waals surface area contributed by atoms with Crippen LogP contribution in [0.5, 0.6) is 0 Å². The molecule has 0 unspecified atom stereocenters. The van der Waals surface area contributed by atoms with Gasteiger partial charge in [0.2, 0.25) is 0 Å². The van der Waals surface area contributed by atoms with Gasteiger partial charge in [0, 0.05) is 32.4 Å². The predicted molar refractivity (Wildman–Crippen MR) is 73.0 cm³/mol. The fraction of sp³-hybridized carbons (Fsp3) is 0.308. The number of hydrogen-bond acceptors (Lipinski definition) is 4. The van der Waals surface area contributed by atoms with Crippen LogP contribution in [0, 0.1) is 0 Å². The summed E-state index contributed by atoms with van der Waals surface area (Å²) in [5.41, 5.74) is 1.31. The SMILES string of the molecule is CNc1ccc(C(=O)NCCCc2ncc[nH]2)nc1. The number of aromatic amines is 1. The van der Waals surface area contributed by atoms with Crippen molar-refractivity contribution in [3.05, 3.63) is 42.2 Å². The lowest BCUT2D eigenvalue weighted by Crippen LogP contribution is -2.25. The summed E-state index contributed by atoms with van der Waals surface area (Å²) in [6.45, 7) is 0.606. The van der Waals surface area contributed by atoms with Crippen molar-refractivity contribution in [3.63, 3.8) is 0 Å². The summed E-state index contributed by atoms with van der Waals surface area (Å²) in [6.07, 6.45) is 6.81. The van der Waals surface area contributed by atoms with E-state index in [1.807, 2.05) is 13.1 Å². The van der Waals surface area contributed by atoms with E-state index in [-0.39, 0.29) is 5.91 Å². The highest BCUT2D eigenvalue weighted by molar-refractivity contribution is 5.92. The maximum absolute atomic E-state index is 11.8. The number of imidazole rings is 1. The molecule has 0 saturated heterocycles. The second kappa shape index (κ2) is 6.53. The largest absolute Gasteiger partial charge is 0.387 e. The van der Waals surface area contributed by atoms with Crippen molar-refractivity contribution in [3.8, 4) is 0 Å². The number of carbonyl (C=O) groups is 1. The normalized spacial score (nSPS) is 10.2. The predicted octanol–water partition coefficient (Wildman–Crippen LogP) is 1.21. The molecule has 2 heterocycles. The summed E-state index contributed by atoms with van der Waals surface area (Å²) < 4.78 is 0. The van der Waals surface area contributed by atoms with Gasteiger partial charge in [-0.1, -0.05) is 0 Å². The Morgan fingerprint density at radius 2 is 2.26 bits per heavy atom. The Morgan fingerprint density at radius 1 is 1.37 bits per heavy atom. The van der Waals surface area contributed by atoms with Crippen LogP contribution in [0.4, 0.5) is 5.69 Å². The number of nitrogens with zero attached hydrogens (tertiary/aromatic N) is 2. The van der Waals surface area contributed by atoms with E-state index in [0.29, 0.717) is 12.2 Å². The van der Waals surface area contributed by atoms with E-state index < -0.39 is 0 Å². The van der Waals surface area contributed by atoms with Crippen molar-refractivity contribution >= 4 is 11.6 Å². The molecule has 100 valence electrons. The number of H-pyrrole nitrogens is 1. The Morgan fingerprint density at radius 3 is 2.89 bits per heavy atom. The fourth-order valence-corrected chi connectivity index (χ4v) is 1.66. The molecule has 0 aliphatic rings. The molecule has 0 bridgehead atoms. The molecule has 0 radical (unpaired) electrons. The van der Waals surface area contributed by atoms with Crippen molar-refractivity contribution in [2.24, 2.45) is 0 Å². The molecule has 0 spiro atoms. The number of amides is 1. The zero-order valence-corrected chi connectivity index (χ0v) is 10.8. The van der Waals surface area contributed by atoms with Gasteiger partial charge in [-0.05, 0) is 18.6 Å². The first-order chi connectivity index (χ1) is 9.29. The second-order valence-corrected chi connectivity index (χ2v) is 4.08. The van der Waals surface area contributed by atoms with Crippen LogP contribution < -0.4 is 10.6 Å². The molecule has 1 amide bonds. The number of rotatable bonds is 6. The summed E-state index contributed by atoms with van der Waals surface area (Å²) in [5, 5.41) is 5.79. The van der Waals surface area contributed by atoms with E-state index >= 15 is 0 Å². The molecule has 0 atom stereocenters. The van der Waals surface area contributed by atoms with E-state index in [2.05, 4.69) is 25.6 Å². The lowest BCUT2D eigenvalue weighted by Gasteiger charge is -2.05. The van der Waals surface area contributed by atoms with Gasteiger partial charge in [0.1, 0.15) is 11.5 Å². The summed E-state index contributed by atoms with van der Waals surface area (Å²) in [6, 6.07) is 3.53. The molecule has 0 aliphatic carbocycles. The van der Waals surface area contributed by atoms with Crippen LogP contribution in [-0.4, -0.2) is 34.5 Å². The van der Waals surface area contributed by atoms with Crippen LogP contribution in [0.3, 0.4) is 0 Å². The number of aromatic nitrogens is 3. The van der Waals surface area contributed by atoms with Gasteiger partial charge >= 0.3 is 0 Å². The van der Waals surface area contributed by atoms with Crippen molar-refractivity contribution in [1.29, 1.82) is 0 Å². The number of pyridine rings is 1. The van der Waals surface area contributed by atoms with Gasteiger partial charge in [0.25, 0.3) is 5.91 Å². The van der Waals surface area contributed by atoms with Gasteiger partial charge in [0.15, 0.2) is 0 Å². The molecule has 0 saturated carbocycles. The topological polar surface area (TPSA) is 82.7 Å². The summed E-state index contributed by atoms with van der Waals surface area (Å²) in [5.74, 6) is 0.785. The number of nitrogens with one attached hydrogen (secondary N) is 3. The molecule has 2 rings (SSSR count). The molecule has 6 nitrogen and oxygen atoms in total. The van der Waals surface area contributed by atoms with Gasteiger partial charge in [-0.25, -0.2) is 9.97 Å². The first-order valence-electron chi connectivity index (χ1n) is 6.20. The minimum Gasteiger partial charge on any atom is -0.387 e. The zero-order valence-electron chi connectivity index (χ0n) is 10.8. The molecule has 0 aliphatic heterocycles. The minimum absolute atomic E-state index is 0.151. The highest BCUT2D eigenvalue weighted by Gasteiger charge is 2.06. The van der Waals surface area contributed by atoms with Gasteiger partial charge in [-0.15, -0.1) is 0 Å². The number of carbonyl (C=O) groups excluding carboxylic acids is 1. The lowest BCUT2D eigenvalue weighted by atomic mass is 10.3. The third-order valence-corrected chi connectivity index (χ3v) is 2.72. The molecule has 2 aromatic heterocycles. The first kappa shape index (κ1) is 13.1. The number of anilines is 1. The van der Waals surface area contributed by atoms with Gasteiger partial charge in [0.05, 0.1) is 11.9 Å². The van der Waals surface area contributed by atoms with Gasteiger partial charge in [-0.2, -0.15) is 0 Å². The van der Waals surface area contributed by atoms with Crippen molar-refractivity contribution in [2.75, 3.05) is 18.9 Å².